The molecule has 8 heteroatoms. The van der Waals surface area contributed by atoms with E-state index < -0.39 is 0 Å². The van der Waals surface area contributed by atoms with Gasteiger partial charge in [-0.05, 0) is 6.92 Å². The Labute approximate surface area is 103 Å². The Morgan fingerprint density at radius 3 is 3.06 bits per heavy atom. The number of nitrogens with two attached hydrogens (primary N) is 1. The Hall–Kier alpha value is -2.38. The summed E-state index contributed by atoms with van der Waals surface area (Å²) in [4.78, 5) is 17.6. The van der Waals surface area contributed by atoms with Crippen LogP contribution in [0.1, 0.15) is 12.2 Å². The highest BCUT2D eigenvalue weighted by Crippen LogP contribution is 2.12. The number of nitrogens with zero attached hydrogens (tertiary/aromatic N) is 4. The second kappa shape index (κ2) is 4.47. The third-order valence-corrected chi connectivity index (χ3v) is 2.66. The zero-order valence-electron chi connectivity index (χ0n) is 10.3. The molecule has 0 bridgehead atoms. The van der Waals surface area contributed by atoms with Crippen molar-refractivity contribution in [1.29, 1.82) is 5.41 Å². The van der Waals surface area contributed by atoms with Crippen LogP contribution in [-0.4, -0.2) is 39.0 Å². The number of aromatic amines is 1. The lowest BCUT2D eigenvalue weighted by Gasteiger charge is -2.18. The molecule has 4 N–H and O–H groups in total. The molecule has 0 spiro atoms. The summed E-state index contributed by atoms with van der Waals surface area (Å²) in [5.74, 6) is 1.40. The van der Waals surface area contributed by atoms with E-state index in [1.165, 1.54) is 4.40 Å². The number of nitrogens with one attached hydrogen (secondary N) is 2. The fraction of sp³-hybridized carbons (Fsp3) is 0.400. The first kappa shape index (κ1) is 12.1. The maximum absolute atomic E-state index is 11.4. The third kappa shape index (κ3) is 2.17. The first-order valence-corrected chi connectivity index (χ1v) is 5.48. The lowest BCUT2D eigenvalue weighted by molar-refractivity contribution is 0.861. The standard InChI is InChI=1S/C10H15N7O/c1-6-13-8(16(2)4-3-7(11)12)5-9-14-15-10(18)17(6)9/h5H,3-4H2,1-2H3,(H3,11,12)(H,15,18). The summed E-state index contributed by atoms with van der Waals surface area (Å²) in [6.45, 7) is 2.33. The zero-order valence-corrected chi connectivity index (χ0v) is 10.3. The topological polar surface area (TPSA) is 116 Å². The summed E-state index contributed by atoms with van der Waals surface area (Å²) in [5.41, 5.74) is 5.54. The molecule has 96 valence electrons. The number of fused-ring (bicyclic) bond motifs is 1. The van der Waals surface area contributed by atoms with Crippen LogP contribution in [0.5, 0.6) is 0 Å². The van der Waals surface area contributed by atoms with Crippen molar-refractivity contribution < 1.29 is 0 Å². The van der Waals surface area contributed by atoms with Crippen molar-refractivity contribution >= 4 is 17.3 Å². The van der Waals surface area contributed by atoms with E-state index in [1.54, 1.807) is 13.0 Å². The molecule has 0 atom stereocenters. The Kier molecular flexibility index (Phi) is 3.00. The van der Waals surface area contributed by atoms with Crippen molar-refractivity contribution in [3.8, 4) is 0 Å². The fourth-order valence-corrected chi connectivity index (χ4v) is 1.68. The Morgan fingerprint density at radius 1 is 1.67 bits per heavy atom. The number of rotatable bonds is 4. The number of aromatic nitrogens is 4. The highest BCUT2D eigenvalue weighted by Gasteiger charge is 2.09. The molecule has 0 aromatic carbocycles. The van der Waals surface area contributed by atoms with Crippen molar-refractivity contribution in [1.82, 2.24) is 19.6 Å². The minimum absolute atomic E-state index is 0.135. The molecular weight excluding hydrogens is 234 g/mol. The summed E-state index contributed by atoms with van der Waals surface area (Å²) >= 11 is 0. The Balaban J connectivity index is 2.34. The van der Waals surface area contributed by atoms with Crippen molar-refractivity contribution in [3.63, 3.8) is 0 Å². The summed E-state index contributed by atoms with van der Waals surface area (Å²) in [6, 6.07) is 1.71. The molecular formula is C10H15N7O. The van der Waals surface area contributed by atoms with Gasteiger partial charge in [-0.1, -0.05) is 0 Å². The van der Waals surface area contributed by atoms with E-state index in [9.17, 15) is 4.79 Å². The van der Waals surface area contributed by atoms with Gasteiger partial charge >= 0.3 is 5.69 Å². The van der Waals surface area contributed by atoms with Gasteiger partial charge in [0.1, 0.15) is 11.6 Å². The molecule has 18 heavy (non-hydrogen) atoms. The van der Waals surface area contributed by atoms with Crippen molar-refractivity contribution in [2.24, 2.45) is 5.73 Å². The van der Waals surface area contributed by atoms with Crippen LogP contribution >= 0.6 is 0 Å². The van der Waals surface area contributed by atoms with Crippen LogP contribution in [0.4, 0.5) is 5.82 Å². The van der Waals surface area contributed by atoms with E-state index in [4.69, 9.17) is 11.1 Å². The van der Waals surface area contributed by atoms with Gasteiger partial charge in [0.2, 0.25) is 0 Å². The summed E-state index contributed by atoms with van der Waals surface area (Å²) in [5, 5.41) is 13.5. The van der Waals surface area contributed by atoms with Gasteiger partial charge in [0.15, 0.2) is 5.65 Å². The van der Waals surface area contributed by atoms with E-state index in [1.807, 2.05) is 11.9 Å². The molecule has 0 amide bonds. The van der Waals surface area contributed by atoms with Crippen LogP contribution < -0.4 is 16.3 Å². The Bertz CT molecular complexity index is 641. The van der Waals surface area contributed by atoms with Crippen molar-refractivity contribution in [2.75, 3.05) is 18.5 Å². The maximum atomic E-state index is 11.4. The van der Waals surface area contributed by atoms with E-state index in [0.29, 0.717) is 30.3 Å². The van der Waals surface area contributed by atoms with Gasteiger partial charge in [0, 0.05) is 26.1 Å². The molecule has 2 rings (SSSR count). The van der Waals surface area contributed by atoms with Crippen LogP contribution in [0.15, 0.2) is 10.9 Å². The molecule has 2 aromatic heterocycles. The minimum atomic E-state index is -0.298. The lowest BCUT2D eigenvalue weighted by atomic mass is 10.3. The summed E-state index contributed by atoms with van der Waals surface area (Å²) in [6.07, 6.45) is 0.468. The lowest BCUT2D eigenvalue weighted by Crippen LogP contribution is -2.25. The van der Waals surface area contributed by atoms with Gasteiger partial charge in [-0.25, -0.2) is 19.3 Å². The largest absolute Gasteiger partial charge is 0.388 e. The van der Waals surface area contributed by atoms with E-state index >= 15 is 0 Å². The summed E-state index contributed by atoms with van der Waals surface area (Å²) < 4.78 is 1.41. The first-order chi connectivity index (χ1) is 8.49. The maximum Gasteiger partial charge on any atom is 0.349 e. The number of hydrogen-bond donors (Lipinski definition) is 3. The smallest absolute Gasteiger partial charge is 0.349 e. The van der Waals surface area contributed by atoms with Crippen molar-refractivity contribution in [3.05, 3.63) is 22.4 Å². The van der Waals surface area contributed by atoms with Gasteiger partial charge in [-0.3, -0.25) is 5.41 Å². The van der Waals surface area contributed by atoms with E-state index in [2.05, 4.69) is 15.2 Å². The van der Waals surface area contributed by atoms with E-state index in [-0.39, 0.29) is 11.5 Å². The molecule has 2 aromatic rings. The van der Waals surface area contributed by atoms with Gasteiger partial charge in [-0.2, -0.15) is 5.10 Å². The predicted molar refractivity (Wildman–Crippen MR) is 68.1 cm³/mol. The number of aryl methyl sites for hydroxylation is 1. The molecule has 0 aliphatic rings. The average Bonchev–Trinajstić information content (AvgIpc) is 2.68. The Morgan fingerprint density at radius 2 is 2.39 bits per heavy atom. The molecule has 2 heterocycles. The number of amidine groups is 1. The quantitative estimate of drug-likeness (QED) is 0.498. The van der Waals surface area contributed by atoms with E-state index in [0.717, 1.165) is 0 Å². The fourth-order valence-electron chi connectivity index (χ4n) is 1.68. The third-order valence-electron chi connectivity index (χ3n) is 2.66. The normalized spacial score (nSPS) is 10.8. The molecule has 0 saturated heterocycles. The highest BCUT2D eigenvalue weighted by molar-refractivity contribution is 5.77. The molecule has 0 aliphatic heterocycles. The second-order valence-corrected chi connectivity index (χ2v) is 4.08. The van der Waals surface area contributed by atoms with Crippen LogP contribution in [0.3, 0.4) is 0 Å². The SMILES string of the molecule is Cc1nc(N(C)CCC(=N)N)cc2n[nH]c(=O)n12. The van der Waals surface area contributed by atoms with Gasteiger partial charge < -0.3 is 10.6 Å². The van der Waals surface area contributed by atoms with Crippen LogP contribution in [0.25, 0.3) is 5.65 Å². The van der Waals surface area contributed by atoms with Crippen molar-refractivity contribution in [2.45, 2.75) is 13.3 Å². The average molecular weight is 249 g/mol. The molecule has 0 fully saturated rings. The molecule has 0 unspecified atom stereocenters. The molecule has 0 aliphatic carbocycles. The van der Waals surface area contributed by atoms with Gasteiger partial charge in [0.05, 0.1) is 5.84 Å². The predicted octanol–water partition coefficient (Wildman–Crippen LogP) is -0.512. The number of anilines is 1. The number of hydrogen-bond acceptors (Lipinski definition) is 5. The summed E-state index contributed by atoms with van der Waals surface area (Å²) in [7, 11) is 1.85. The second-order valence-electron chi connectivity index (χ2n) is 4.08. The first-order valence-electron chi connectivity index (χ1n) is 5.48. The molecule has 8 nitrogen and oxygen atoms in total. The number of H-pyrrole nitrogens is 1. The zero-order chi connectivity index (χ0) is 13.3. The molecule has 0 saturated carbocycles. The van der Waals surface area contributed by atoms with Crippen LogP contribution in [-0.2, 0) is 0 Å². The van der Waals surface area contributed by atoms with Gasteiger partial charge in [-0.15, -0.1) is 0 Å². The minimum Gasteiger partial charge on any atom is -0.388 e. The van der Waals surface area contributed by atoms with Crippen LogP contribution in [0.2, 0.25) is 0 Å². The monoisotopic (exact) mass is 249 g/mol. The van der Waals surface area contributed by atoms with Gasteiger partial charge in [0.25, 0.3) is 0 Å². The highest BCUT2D eigenvalue weighted by atomic mass is 16.1. The van der Waals surface area contributed by atoms with Crippen LogP contribution in [0, 0.1) is 12.3 Å². The molecule has 0 radical (unpaired) electrons.